The summed E-state index contributed by atoms with van der Waals surface area (Å²) < 4.78 is 16.3. The molecule has 3 rings (SSSR count). The normalized spacial score (nSPS) is 15.6. The van der Waals surface area contributed by atoms with Crippen LogP contribution in [0.2, 0.25) is 0 Å². The molecule has 0 aliphatic carbocycles. The highest BCUT2D eigenvalue weighted by molar-refractivity contribution is 5.45. The van der Waals surface area contributed by atoms with E-state index in [2.05, 4.69) is 15.2 Å². The molecule has 9 nitrogen and oxygen atoms in total. The van der Waals surface area contributed by atoms with Gasteiger partial charge in [0.05, 0.1) is 38.4 Å². The van der Waals surface area contributed by atoms with Crippen LogP contribution in [0.3, 0.4) is 0 Å². The Hall–Kier alpha value is -2.91. The van der Waals surface area contributed by atoms with E-state index >= 15 is 0 Å². The third kappa shape index (κ3) is 4.68. The van der Waals surface area contributed by atoms with Gasteiger partial charge in [0, 0.05) is 25.7 Å². The van der Waals surface area contributed by atoms with E-state index in [0.717, 1.165) is 18.7 Å². The van der Waals surface area contributed by atoms with E-state index in [1.807, 2.05) is 18.2 Å². The number of hydrogen-bond acceptors (Lipinski definition) is 8. The van der Waals surface area contributed by atoms with E-state index in [1.165, 1.54) is 12.3 Å². The second kappa shape index (κ2) is 9.34. The SMILES string of the molecule is COc1ccc(C(CNc2ccc([N+](=O)[O-])cn2)N2CCOCC2)cc1OC. The zero-order chi connectivity index (χ0) is 19.9. The van der Waals surface area contributed by atoms with Crippen molar-refractivity contribution >= 4 is 11.5 Å². The summed E-state index contributed by atoms with van der Waals surface area (Å²) in [4.78, 5) is 16.8. The van der Waals surface area contributed by atoms with Crippen molar-refractivity contribution in [2.45, 2.75) is 6.04 Å². The molecule has 0 spiro atoms. The van der Waals surface area contributed by atoms with Crippen LogP contribution in [0.4, 0.5) is 11.5 Å². The Morgan fingerprint density at radius 2 is 1.96 bits per heavy atom. The topological polar surface area (TPSA) is 99.0 Å². The lowest BCUT2D eigenvalue weighted by Crippen LogP contribution is -2.41. The summed E-state index contributed by atoms with van der Waals surface area (Å²) >= 11 is 0. The van der Waals surface area contributed by atoms with Gasteiger partial charge in [0.1, 0.15) is 12.0 Å². The summed E-state index contributed by atoms with van der Waals surface area (Å²) in [6.07, 6.45) is 1.25. The molecule has 2 heterocycles. The van der Waals surface area contributed by atoms with Gasteiger partial charge in [0.25, 0.3) is 5.69 Å². The number of aromatic nitrogens is 1. The number of methoxy groups -OCH3 is 2. The van der Waals surface area contributed by atoms with Crippen molar-refractivity contribution in [1.29, 1.82) is 0 Å². The molecule has 1 atom stereocenters. The molecule has 0 saturated carbocycles. The summed E-state index contributed by atoms with van der Waals surface area (Å²) in [5.41, 5.74) is 1.05. The molecule has 1 fully saturated rings. The third-order valence-corrected chi connectivity index (χ3v) is 4.71. The molecule has 150 valence electrons. The molecule has 0 radical (unpaired) electrons. The van der Waals surface area contributed by atoms with E-state index < -0.39 is 4.92 Å². The molecular weight excluding hydrogens is 364 g/mol. The average molecular weight is 388 g/mol. The smallest absolute Gasteiger partial charge is 0.287 e. The zero-order valence-corrected chi connectivity index (χ0v) is 16.0. The number of pyridine rings is 1. The first-order valence-corrected chi connectivity index (χ1v) is 9.00. The van der Waals surface area contributed by atoms with E-state index in [0.29, 0.717) is 37.1 Å². The Bertz CT molecular complexity index is 793. The first-order chi connectivity index (χ1) is 13.6. The van der Waals surface area contributed by atoms with Gasteiger partial charge in [-0.15, -0.1) is 0 Å². The van der Waals surface area contributed by atoms with E-state index in [-0.39, 0.29) is 11.7 Å². The monoisotopic (exact) mass is 388 g/mol. The minimum Gasteiger partial charge on any atom is -0.493 e. The van der Waals surface area contributed by atoms with Crippen LogP contribution in [-0.2, 0) is 4.74 Å². The number of nitrogens with zero attached hydrogens (tertiary/aromatic N) is 3. The van der Waals surface area contributed by atoms with Gasteiger partial charge < -0.3 is 19.5 Å². The minimum atomic E-state index is -0.461. The van der Waals surface area contributed by atoms with Gasteiger partial charge in [-0.1, -0.05) is 6.07 Å². The average Bonchev–Trinajstić information content (AvgIpc) is 2.74. The predicted octanol–water partition coefficient (Wildman–Crippen LogP) is 2.49. The number of benzene rings is 1. The summed E-state index contributed by atoms with van der Waals surface area (Å²) in [5.74, 6) is 1.94. The van der Waals surface area contributed by atoms with Gasteiger partial charge in [0.15, 0.2) is 11.5 Å². The Kier molecular flexibility index (Phi) is 6.62. The van der Waals surface area contributed by atoms with Crippen LogP contribution in [0.25, 0.3) is 0 Å². The van der Waals surface area contributed by atoms with Gasteiger partial charge in [-0.05, 0) is 23.8 Å². The molecule has 0 amide bonds. The fourth-order valence-electron chi connectivity index (χ4n) is 3.21. The largest absolute Gasteiger partial charge is 0.493 e. The lowest BCUT2D eigenvalue weighted by Gasteiger charge is -2.35. The standard InChI is InChI=1S/C19H24N4O5/c1-26-17-5-3-14(11-18(17)27-2)16(22-7-9-28-10-8-22)13-21-19-6-4-15(12-20-19)23(24)25/h3-6,11-12,16H,7-10,13H2,1-2H3,(H,20,21). The van der Waals surface area contributed by atoms with E-state index in [4.69, 9.17) is 14.2 Å². The summed E-state index contributed by atoms with van der Waals surface area (Å²) in [7, 11) is 3.23. The van der Waals surface area contributed by atoms with Gasteiger partial charge in [-0.2, -0.15) is 0 Å². The molecule has 0 bridgehead atoms. The molecule has 9 heteroatoms. The fraction of sp³-hybridized carbons (Fsp3) is 0.421. The van der Waals surface area contributed by atoms with Crippen LogP contribution in [0.15, 0.2) is 36.5 Å². The van der Waals surface area contributed by atoms with Crippen molar-refractivity contribution in [3.05, 3.63) is 52.2 Å². The zero-order valence-electron chi connectivity index (χ0n) is 16.0. The highest BCUT2D eigenvalue weighted by atomic mass is 16.6. The van der Waals surface area contributed by atoms with Gasteiger partial charge >= 0.3 is 0 Å². The number of ether oxygens (including phenoxy) is 3. The van der Waals surface area contributed by atoms with Crippen LogP contribution in [0.1, 0.15) is 11.6 Å². The number of anilines is 1. The lowest BCUT2D eigenvalue weighted by molar-refractivity contribution is -0.385. The van der Waals surface area contributed by atoms with Crippen LogP contribution in [0.5, 0.6) is 11.5 Å². The van der Waals surface area contributed by atoms with Crippen molar-refractivity contribution in [2.24, 2.45) is 0 Å². The van der Waals surface area contributed by atoms with Crippen LogP contribution in [0, 0.1) is 10.1 Å². The van der Waals surface area contributed by atoms with Crippen LogP contribution < -0.4 is 14.8 Å². The quantitative estimate of drug-likeness (QED) is 0.544. The Morgan fingerprint density at radius 3 is 2.57 bits per heavy atom. The number of hydrogen-bond donors (Lipinski definition) is 1. The summed E-state index contributed by atoms with van der Waals surface area (Å²) in [6.45, 7) is 3.57. The molecular formula is C19H24N4O5. The molecule has 1 aromatic heterocycles. The number of nitrogens with one attached hydrogen (secondary N) is 1. The second-order valence-electron chi connectivity index (χ2n) is 6.32. The maximum atomic E-state index is 10.8. The lowest BCUT2D eigenvalue weighted by atomic mass is 10.0. The van der Waals surface area contributed by atoms with Gasteiger partial charge in [-0.3, -0.25) is 15.0 Å². The third-order valence-electron chi connectivity index (χ3n) is 4.71. The van der Waals surface area contributed by atoms with Crippen molar-refractivity contribution in [1.82, 2.24) is 9.88 Å². The summed E-state index contributed by atoms with van der Waals surface area (Å²) in [6, 6.07) is 9.00. The maximum Gasteiger partial charge on any atom is 0.287 e. The molecule has 1 saturated heterocycles. The molecule has 2 aromatic rings. The van der Waals surface area contributed by atoms with Gasteiger partial charge in [-0.25, -0.2) is 4.98 Å². The van der Waals surface area contributed by atoms with Crippen LogP contribution >= 0.6 is 0 Å². The number of morpholine rings is 1. The molecule has 1 aliphatic rings. The van der Waals surface area contributed by atoms with Crippen molar-refractivity contribution in [2.75, 3.05) is 52.4 Å². The van der Waals surface area contributed by atoms with Crippen molar-refractivity contribution in [3.63, 3.8) is 0 Å². The maximum absolute atomic E-state index is 10.8. The van der Waals surface area contributed by atoms with Crippen molar-refractivity contribution in [3.8, 4) is 11.5 Å². The number of rotatable bonds is 8. The summed E-state index contributed by atoms with van der Waals surface area (Å²) in [5, 5.41) is 14.1. The molecule has 1 unspecified atom stereocenters. The van der Waals surface area contributed by atoms with E-state index in [9.17, 15) is 10.1 Å². The minimum absolute atomic E-state index is 0.0322. The Morgan fingerprint density at radius 1 is 1.21 bits per heavy atom. The van der Waals surface area contributed by atoms with Crippen molar-refractivity contribution < 1.29 is 19.1 Å². The fourth-order valence-corrected chi connectivity index (χ4v) is 3.21. The highest BCUT2D eigenvalue weighted by Gasteiger charge is 2.24. The van der Waals surface area contributed by atoms with E-state index in [1.54, 1.807) is 20.3 Å². The molecule has 28 heavy (non-hydrogen) atoms. The molecule has 1 N–H and O–H groups in total. The highest BCUT2D eigenvalue weighted by Crippen LogP contribution is 2.32. The van der Waals surface area contributed by atoms with Crippen LogP contribution in [-0.4, -0.2) is 61.9 Å². The van der Waals surface area contributed by atoms with Gasteiger partial charge in [0.2, 0.25) is 0 Å². The Balaban J connectivity index is 1.80. The predicted molar refractivity (Wildman–Crippen MR) is 104 cm³/mol. The first kappa shape index (κ1) is 19.8. The number of nitro groups is 1. The molecule has 1 aliphatic heterocycles. The first-order valence-electron chi connectivity index (χ1n) is 9.00. The Labute approximate surface area is 163 Å². The molecule has 1 aromatic carbocycles. The second-order valence-corrected chi connectivity index (χ2v) is 6.32.